The number of imidazole rings is 1. The first-order valence-electron chi connectivity index (χ1n) is 5.68. The Kier molecular flexibility index (Phi) is 2.88. The first-order valence-corrected chi connectivity index (χ1v) is 5.68. The van der Waals surface area contributed by atoms with E-state index in [-0.39, 0.29) is 5.92 Å². The van der Waals surface area contributed by atoms with Gasteiger partial charge in [-0.1, -0.05) is 26.0 Å². The average molecular weight is 232 g/mol. The zero-order valence-corrected chi connectivity index (χ0v) is 10.2. The number of nitrogens with one attached hydrogen (secondary N) is 1. The highest BCUT2D eigenvalue weighted by molar-refractivity contribution is 5.81. The van der Waals surface area contributed by atoms with Gasteiger partial charge in [0, 0.05) is 0 Å². The fourth-order valence-electron chi connectivity index (χ4n) is 2.06. The number of aliphatic carboxylic acids is 1. The van der Waals surface area contributed by atoms with Gasteiger partial charge in [0.2, 0.25) is 0 Å². The maximum atomic E-state index is 11.2. The molecule has 0 aliphatic rings. The van der Waals surface area contributed by atoms with E-state index in [9.17, 15) is 9.90 Å². The molecule has 0 amide bonds. The molecule has 0 saturated heterocycles. The third-order valence-electron chi connectivity index (χ3n) is 2.96. The molecule has 2 rings (SSSR count). The summed E-state index contributed by atoms with van der Waals surface area (Å²) in [6, 6.07) is 5.82. The van der Waals surface area contributed by atoms with Crippen LogP contribution in [0.4, 0.5) is 0 Å². The molecule has 0 spiro atoms. The molecule has 2 N–H and O–H groups in total. The topological polar surface area (TPSA) is 66.0 Å². The third kappa shape index (κ3) is 2.02. The van der Waals surface area contributed by atoms with Gasteiger partial charge in [-0.3, -0.25) is 4.79 Å². The molecule has 1 atom stereocenters. The van der Waals surface area contributed by atoms with Crippen molar-refractivity contribution in [2.24, 2.45) is 5.92 Å². The van der Waals surface area contributed by atoms with Crippen LogP contribution in [0, 0.1) is 12.8 Å². The number of benzene rings is 1. The quantitative estimate of drug-likeness (QED) is 0.855. The van der Waals surface area contributed by atoms with E-state index in [0.717, 1.165) is 16.6 Å². The number of rotatable bonds is 3. The Morgan fingerprint density at radius 2 is 2.12 bits per heavy atom. The zero-order valence-electron chi connectivity index (χ0n) is 10.2. The second-order valence-corrected chi connectivity index (χ2v) is 4.65. The standard InChI is InChI=1S/C13H16N2O2/c1-7(2)10(13(16)17)12-14-9-6-4-5-8(3)11(9)15-12/h4-7,10H,1-3H3,(H,14,15)(H,16,17). The summed E-state index contributed by atoms with van der Waals surface area (Å²) < 4.78 is 0. The number of aromatic nitrogens is 2. The van der Waals surface area contributed by atoms with Crippen LogP contribution in [0.3, 0.4) is 0 Å². The fourth-order valence-corrected chi connectivity index (χ4v) is 2.06. The molecular formula is C13H16N2O2. The predicted octanol–water partition coefficient (Wildman–Crippen LogP) is 2.70. The highest BCUT2D eigenvalue weighted by Crippen LogP contribution is 2.25. The maximum absolute atomic E-state index is 11.2. The summed E-state index contributed by atoms with van der Waals surface area (Å²) in [5.74, 6) is -0.872. The van der Waals surface area contributed by atoms with Gasteiger partial charge in [0.1, 0.15) is 11.7 Å². The van der Waals surface area contributed by atoms with Crippen molar-refractivity contribution in [3.05, 3.63) is 29.6 Å². The molecule has 1 aromatic heterocycles. The minimum atomic E-state index is -0.836. The summed E-state index contributed by atoms with van der Waals surface area (Å²) in [5.41, 5.74) is 2.80. The van der Waals surface area contributed by atoms with Crippen molar-refractivity contribution in [3.63, 3.8) is 0 Å². The highest BCUT2D eigenvalue weighted by atomic mass is 16.4. The Hall–Kier alpha value is -1.84. The molecule has 4 heteroatoms. The lowest BCUT2D eigenvalue weighted by Crippen LogP contribution is -2.18. The number of carboxylic acid groups (broad SMARTS) is 1. The van der Waals surface area contributed by atoms with Gasteiger partial charge in [-0.2, -0.15) is 0 Å². The largest absolute Gasteiger partial charge is 0.481 e. The number of carbonyl (C=O) groups is 1. The first-order chi connectivity index (χ1) is 8.00. The Labute approximate surface area is 99.7 Å². The minimum absolute atomic E-state index is 0.00775. The normalized spacial score (nSPS) is 13.2. The molecule has 1 heterocycles. The summed E-state index contributed by atoms with van der Waals surface area (Å²) in [6.07, 6.45) is 0. The van der Waals surface area contributed by atoms with Gasteiger partial charge in [-0.05, 0) is 24.5 Å². The summed E-state index contributed by atoms with van der Waals surface area (Å²) >= 11 is 0. The smallest absolute Gasteiger partial charge is 0.314 e. The average Bonchev–Trinajstić information content (AvgIpc) is 2.61. The van der Waals surface area contributed by atoms with Crippen molar-refractivity contribution in [2.45, 2.75) is 26.7 Å². The van der Waals surface area contributed by atoms with E-state index in [2.05, 4.69) is 9.97 Å². The van der Waals surface area contributed by atoms with E-state index in [1.54, 1.807) is 0 Å². The van der Waals surface area contributed by atoms with Crippen molar-refractivity contribution in [1.29, 1.82) is 0 Å². The number of fused-ring (bicyclic) bond motifs is 1. The van der Waals surface area contributed by atoms with E-state index >= 15 is 0 Å². The minimum Gasteiger partial charge on any atom is -0.481 e. The van der Waals surface area contributed by atoms with Gasteiger partial charge >= 0.3 is 5.97 Å². The highest BCUT2D eigenvalue weighted by Gasteiger charge is 2.26. The lowest BCUT2D eigenvalue weighted by molar-refractivity contribution is -0.140. The number of nitrogens with zero attached hydrogens (tertiary/aromatic N) is 1. The lowest BCUT2D eigenvalue weighted by Gasteiger charge is -2.12. The molecule has 0 bridgehead atoms. The second kappa shape index (κ2) is 4.20. The number of hydrogen-bond acceptors (Lipinski definition) is 2. The zero-order chi connectivity index (χ0) is 12.6. The molecular weight excluding hydrogens is 216 g/mol. The fraction of sp³-hybridized carbons (Fsp3) is 0.385. The summed E-state index contributed by atoms with van der Waals surface area (Å²) in [7, 11) is 0. The molecule has 0 aliphatic carbocycles. The van der Waals surface area contributed by atoms with E-state index in [4.69, 9.17) is 0 Å². The van der Waals surface area contributed by atoms with Crippen LogP contribution in [0.25, 0.3) is 11.0 Å². The Morgan fingerprint density at radius 3 is 2.65 bits per heavy atom. The number of aromatic amines is 1. The molecule has 17 heavy (non-hydrogen) atoms. The molecule has 1 aromatic carbocycles. The molecule has 0 aliphatic heterocycles. The molecule has 2 aromatic rings. The van der Waals surface area contributed by atoms with Gasteiger partial charge in [-0.25, -0.2) is 4.98 Å². The van der Waals surface area contributed by atoms with Crippen LogP contribution in [-0.2, 0) is 4.79 Å². The number of carboxylic acids is 1. The molecule has 1 unspecified atom stereocenters. The van der Waals surface area contributed by atoms with Gasteiger partial charge in [0.15, 0.2) is 0 Å². The van der Waals surface area contributed by atoms with Crippen molar-refractivity contribution in [1.82, 2.24) is 9.97 Å². The number of hydrogen-bond donors (Lipinski definition) is 2. The van der Waals surface area contributed by atoms with Crippen LogP contribution in [0.1, 0.15) is 31.2 Å². The van der Waals surface area contributed by atoms with Crippen LogP contribution < -0.4 is 0 Å². The third-order valence-corrected chi connectivity index (χ3v) is 2.96. The predicted molar refractivity (Wildman–Crippen MR) is 66.0 cm³/mol. The summed E-state index contributed by atoms with van der Waals surface area (Å²) in [5, 5.41) is 9.23. The van der Waals surface area contributed by atoms with Crippen molar-refractivity contribution < 1.29 is 9.90 Å². The first kappa shape index (κ1) is 11.6. The van der Waals surface area contributed by atoms with Crippen molar-refractivity contribution in [2.75, 3.05) is 0 Å². The Morgan fingerprint density at radius 1 is 1.41 bits per heavy atom. The van der Waals surface area contributed by atoms with E-state index in [0.29, 0.717) is 5.82 Å². The van der Waals surface area contributed by atoms with Crippen LogP contribution in [-0.4, -0.2) is 21.0 Å². The van der Waals surface area contributed by atoms with Gasteiger partial charge < -0.3 is 10.1 Å². The number of H-pyrrole nitrogens is 1. The van der Waals surface area contributed by atoms with E-state index in [1.165, 1.54) is 0 Å². The van der Waals surface area contributed by atoms with E-state index in [1.807, 2.05) is 39.0 Å². The second-order valence-electron chi connectivity index (χ2n) is 4.65. The van der Waals surface area contributed by atoms with Crippen LogP contribution >= 0.6 is 0 Å². The number of aryl methyl sites for hydroxylation is 1. The Balaban J connectivity index is 2.55. The maximum Gasteiger partial charge on any atom is 0.314 e. The van der Waals surface area contributed by atoms with Crippen LogP contribution in [0.2, 0.25) is 0 Å². The van der Waals surface area contributed by atoms with E-state index < -0.39 is 11.9 Å². The SMILES string of the molecule is Cc1cccc2[nH]c(C(C(=O)O)C(C)C)nc12. The molecule has 0 fully saturated rings. The molecule has 90 valence electrons. The van der Waals surface area contributed by atoms with Gasteiger partial charge in [0.05, 0.1) is 11.0 Å². The Bertz CT molecular complexity index is 558. The van der Waals surface area contributed by atoms with Crippen LogP contribution in [0.15, 0.2) is 18.2 Å². The van der Waals surface area contributed by atoms with Gasteiger partial charge in [-0.15, -0.1) is 0 Å². The summed E-state index contributed by atoms with van der Waals surface area (Å²) in [4.78, 5) is 18.8. The molecule has 0 saturated carbocycles. The number of para-hydroxylation sites is 1. The monoisotopic (exact) mass is 232 g/mol. The molecule has 4 nitrogen and oxygen atoms in total. The summed E-state index contributed by atoms with van der Waals surface area (Å²) in [6.45, 7) is 5.75. The lowest BCUT2D eigenvalue weighted by atomic mass is 9.95. The van der Waals surface area contributed by atoms with Crippen molar-refractivity contribution in [3.8, 4) is 0 Å². The van der Waals surface area contributed by atoms with Crippen molar-refractivity contribution >= 4 is 17.0 Å². The molecule has 0 radical (unpaired) electrons. The van der Waals surface area contributed by atoms with Crippen LogP contribution in [0.5, 0.6) is 0 Å². The van der Waals surface area contributed by atoms with Gasteiger partial charge in [0.25, 0.3) is 0 Å².